The van der Waals surface area contributed by atoms with Crippen LogP contribution in [0.5, 0.6) is 0 Å². The van der Waals surface area contributed by atoms with E-state index >= 15 is 0 Å². The Labute approximate surface area is 163 Å². The van der Waals surface area contributed by atoms with Gasteiger partial charge in [-0.05, 0) is 49.2 Å². The highest BCUT2D eigenvalue weighted by Gasteiger charge is 2.20. The summed E-state index contributed by atoms with van der Waals surface area (Å²) in [4.78, 5) is 30.2. The highest BCUT2D eigenvalue weighted by molar-refractivity contribution is 8.76. The van der Waals surface area contributed by atoms with E-state index in [2.05, 4.69) is 27.4 Å². The number of nitrogens with zero attached hydrogens (tertiary/aromatic N) is 2. The number of amides is 2. The average molecular weight is 401 g/mol. The molecule has 2 rings (SSSR count). The SMILES string of the molecule is [13CH3][C@H]1CCCCN1[13CH2][13C](=O)[15NH]CCC(=O)NCCSSc1ccccn1. The summed E-state index contributed by atoms with van der Waals surface area (Å²) in [6, 6.07) is 6.28. The summed E-state index contributed by atoms with van der Waals surface area (Å²) < 4.78 is 0. The molecule has 0 spiro atoms. The minimum absolute atomic E-state index is 0.00821. The largest absolute Gasteiger partial charge is 0.355 e. The maximum Gasteiger partial charge on any atom is 0.234 e. The van der Waals surface area contributed by atoms with Crippen LogP contribution in [0.15, 0.2) is 29.4 Å². The van der Waals surface area contributed by atoms with E-state index in [-0.39, 0.29) is 11.8 Å². The molecule has 1 aliphatic heterocycles. The molecule has 2 amide bonds. The van der Waals surface area contributed by atoms with Crippen molar-refractivity contribution in [2.45, 2.75) is 43.7 Å². The molecule has 1 aromatic rings. The molecule has 0 radical (unpaired) electrons. The molecule has 26 heavy (non-hydrogen) atoms. The van der Waals surface area contributed by atoms with Gasteiger partial charge in [-0.1, -0.05) is 23.3 Å². The van der Waals surface area contributed by atoms with Crippen molar-refractivity contribution in [3.8, 4) is 0 Å². The van der Waals surface area contributed by atoms with E-state index in [4.69, 9.17) is 0 Å². The molecule has 1 fully saturated rings. The fraction of sp³-hybridized carbons (Fsp3) is 0.611. The smallest absolute Gasteiger partial charge is 0.234 e. The van der Waals surface area contributed by atoms with Crippen molar-refractivity contribution in [1.82, 2.24) is 20.5 Å². The summed E-state index contributed by atoms with van der Waals surface area (Å²) in [7, 11) is 3.26. The monoisotopic (exact) mass is 400 g/mol. The van der Waals surface area contributed by atoms with Crippen molar-refractivity contribution in [2.75, 3.05) is 31.9 Å². The second kappa shape index (κ2) is 12.2. The Morgan fingerprint density at radius 3 is 2.85 bits per heavy atom. The van der Waals surface area contributed by atoms with Gasteiger partial charge in [-0.25, -0.2) is 4.98 Å². The first kappa shape index (κ1) is 21.1. The van der Waals surface area contributed by atoms with Crippen LogP contribution in [0.2, 0.25) is 0 Å². The third-order valence-electron chi connectivity index (χ3n) is 4.25. The van der Waals surface area contributed by atoms with Crippen molar-refractivity contribution in [3.05, 3.63) is 24.4 Å². The number of hydrogen-bond donors (Lipinski definition) is 2. The van der Waals surface area contributed by atoms with Gasteiger partial charge in [-0.2, -0.15) is 0 Å². The van der Waals surface area contributed by atoms with E-state index in [1.54, 1.807) is 27.8 Å². The van der Waals surface area contributed by atoms with Crippen molar-refractivity contribution in [1.29, 1.82) is 0 Å². The van der Waals surface area contributed by atoms with Crippen LogP contribution in [0.4, 0.5) is 0 Å². The fourth-order valence-electron chi connectivity index (χ4n) is 2.77. The third-order valence-corrected chi connectivity index (χ3v) is 6.52. The lowest BCUT2D eigenvalue weighted by Crippen LogP contribution is -2.44. The summed E-state index contributed by atoms with van der Waals surface area (Å²) >= 11 is 0. The Balaban J connectivity index is 1.47. The summed E-state index contributed by atoms with van der Waals surface area (Å²) in [6.45, 7) is 4.60. The molecule has 144 valence electrons. The first-order valence-corrected chi connectivity index (χ1v) is 11.4. The van der Waals surface area contributed by atoms with E-state index in [9.17, 15) is 9.59 Å². The number of likely N-dealkylation sites (tertiary alicyclic amines) is 1. The number of pyridine rings is 1. The quantitative estimate of drug-likeness (QED) is 0.272. The number of rotatable bonds is 10. The molecule has 2 N–H and O–H groups in total. The maximum atomic E-state index is 12.0. The fourth-order valence-corrected chi connectivity index (χ4v) is 4.55. The summed E-state index contributed by atoms with van der Waals surface area (Å²) in [5, 5.41) is 6.69. The van der Waals surface area contributed by atoms with Gasteiger partial charge in [-0.3, -0.25) is 14.5 Å². The van der Waals surface area contributed by atoms with Gasteiger partial charge in [0.15, 0.2) is 0 Å². The second-order valence-corrected chi connectivity index (χ2v) is 8.77. The standard InChI is InChI=1S/C18H28N4O2S2/c1-15-6-3-5-12-22(15)14-17(24)19-10-8-16(23)20-11-13-25-26-18-7-2-4-9-21-18/h2,4,7,9,15H,3,5-6,8,10-14H2,1H3,(H,19,24)(H,20,23)/t15-/m0/s1/i1+1,14+1,17+1,19+1. The lowest BCUT2D eigenvalue weighted by atomic mass is 10.1. The molecule has 1 aliphatic rings. The van der Waals surface area contributed by atoms with Crippen LogP contribution in [0.3, 0.4) is 0 Å². The molecule has 0 unspecified atom stereocenters. The van der Waals surface area contributed by atoms with Crippen LogP contribution in [0, 0.1) is 0 Å². The molecular formula is C18H28N4O2S2. The van der Waals surface area contributed by atoms with E-state index in [1.165, 1.54) is 6.42 Å². The molecule has 1 saturated heterocycles. The number of aromatic nitrogens is 1. The highest BCUT2D eigenvalue weighted by atomic mass is 33.1. The van der Waals surface area contributed by atoms with Crippen molar-refractivity contribution in [2.24, 2.45) is 0 Å². The predicted octanol–water partition coefficient (Wildman–Crippen LogP) is 2.32. The second-order valence-electron chi connectivity index (χ2n) is 6.34. The zero-order chi connectivity index (χ0) is 18.6. The van der Waals surface area contributed by atoms with Crippen LogP contribution in [0.25, 0.3) is 0 Å². The van der Waals surface area contributed by atoms with Crippen LogP contribution in [0.1, 0.15) is 32.6 Å². The molecule has 0 bridgehead atoms. The van der Waals surface area contributed by atoms with Gasteiger partial charge in [0.2, 0.25) is 11.8 Å². The van der Waals surface area contributed by atoms with Gasteiger partial charge in [0.25, 0.3) is 0 Å². The molecule has 0 aliphatic carbocycles. The lowest BCUT2D eigenvalue weighted by Gasteiger charge is -2.32. The topological polar surface area (TPSA) is 74.3 Å². The van der Waals surface area contributed by atoms with Crippen molar-refractivity contribution < 1.29 is 9.59 Å². The zero-order valence-electron chi connectivity index (χ0n) is 15.3. The van der Waals surface area contributed by atoms with Gasteiger partial charge < -0.3 is 10.6 Å². The Morgan fingerprint density at radius 2 is 2.08 bits per heavy atom. The Kier molecular flexibility index (Phi) is 9.87. The third kappa shape index (κ3) is 8.42. The van der Waals surface area contributed by atoms with Crippen LogP contribution in [-0.2, 0) is 9.59 Å². The number of piperidine rings is 1. The van der Waals surface area contributed by atoms with Gasteiger partial charge in [0.1, 0.15) is 5.03 Å². The van der Waals surface area contributed by atoms with Crippen molar-refractivity contribution in [3.63, 3.8) is 0 Å². The van der Waals surface area contributed by atoms with Gasteiger partial charge in [0, 0.05) is 37.5 Å². The predicted molar refractivity (Wildman–Crippen MR) is 108 cm³/mol. The summed E-state index contributed by atoms with van der Waals surface area (Å²) in [5.74, 6) is 0.792. The van der Waals surface area contributed by atoms with Gasteiger partial charge in [0.05, 0.1) is 6.54 Å². The van der Waals surface area contributed by atoms with Gasteiger partial charge >= 0.3 is 0 Å². The maximum absolute atomic E-state index is 12.0. The molecule has 2 heterocycles. The normalized spacial score (nSPS) is 17.7. The highest BCUT2D eigenvalue weighted by Crippen LogP contribution is 2.28. The first-order valence-electron chi connectivity index (χ1n) is 9.13. The number of carbonyl (C=O) groups excluding carboxylic acids is 2. The molecular weight excluding hydrogens is 372 g/mol. The summed E-state index contributed by atoms with van der Waals surface area (Å²) in [5.41, 5.74) is 0. The molecule has 8 heteroatoms. The van der Waals surface area contributed by atoms with Gasteiger partial charge in [-0.15, -0.1) is 0 Å². The van der Waals surface area contributed by atoms with Crippen LogP contribution >= 0.6 is 21.6 Å². The molecule has 0 saturated carbocycles. The number of nitrogens with one attached hydrogen (secondary N) is 2. The first-order chi connectivity index (χ1) is 12.6. The van der Waals surface area contributed by atoms with E-state index in [1.807, 2.05) is 18.2 Å². The van der Waals surface area contributed by atoms with Crippen molar-refractivity contribution >= 4 is 33.4 Å². The molecule has 1 aromatic heterocycles. The van der Waals surface area contributed by atoms with Crippen LogP contribution < -0.4 is 10.6 Å². The Morgan fingerprint density at radius 1 is 1.23 bits per heavy atom. The molecule has 0 aromatic carbocycles. The van der Waals surface area contributed by atoms with E-state index in [0.29, 0.717) is 32.1 Å². The number of carbonyl (C=O) groups is 2. The minimum Gasteiger partial charge on any atom is -0.355 e. The molecule has 1 atom stereocenters. The average Bonchev–Trinajstić information content (AvgIpc) is 2.64. The Hall–Kier alpha value is -1.25. The van der Waals surface area contributed by atoms with E-state index < -0.39 is 0 Å². The minimum atomic E-state index is -0.0277. The molecule has 6 nitrogen and oxygen atoms in total. The van der Waals surface area contributed by atoms with Crippen LogP contribution in [-0.4, -0.2) is 59.7 Å². The lowest BCUT2D eigenvalue weighted by molar-refractivity contribution is -0.123. The number of hydrogen-bond acceptors (Lipinski definition) is 6. The summed E-state index contributed by atoms with van der Waals surface area (Å²) in [6.07, 6.45) is 5.66. The van der Waals surface area contributed by atoms with E-state index in [0.717, 1.165) is 30.2 Å². The zero-order valence-corrected chi connectivity index (χ0v) is 16.9. The Bertz CT molecular complexity index is 559.